The van der Waals surface area contributed by atoms with E-state index in [0.717, 1.165) is 22.4 Å². The topological polar surface area (TPSA) is 63.0 Å². The second-order valence-corrected chi connectivity index (χ2v) is 8.03. The summed E-state index contributed by atoms with van der Waals surface area (Å²) >= 11 is 1.32. The maximum absolute atomic E-state index is 12.6. The van der Waals surface area contributed by atoms with Gasteiger partial charge in [0.05, 0.1) is 11.8 Å². The standard InChI is InChI=1S/C26H20N2O2S/c1-18-7-9-21(10-8-18)24-17-31-26(28-24)23(15-27)25(29)16-30-22-13-11-20(12-14-22)19-5-3-2-4-6-19/h2-14,17,23H,16H2,1H3. The maximum atomic E-state index is 12.6. The fourth-order valence-electron chi connectivity index (χ4n) is 3.15. The molecule has 0 amide bonds. The summed E-state index contributed by atoms with van der Waals surface area (Å²) in [7, 11) is 0. The SMILES string of the molecule is Cc1ccc(-c2csc(C(C#N)C(=O)COc3ccc(-c4ccccc4)cc3)n2)cc1. The van der Waals surface area contributed by atoms with Crippen LogP contribution in [0.15, 0.2) is 84.2 Å². The molecule has 3 aromatic carbocycles. The molecule has 4 aromatic rings. The van der Waals surface area contributed by atoms with E-state index in [-0.39, 0.29) is 12.4 Å². The molecule has 31 heavy (non-hydrogen) atoms. The van der Waals surface area contributed by atoms with E-state index in [1.807, 2.05) is 91.2 Å². The van der Waals surface area contributed by atoms with Gasteiger partial charge in [0, 0.05) is 10.9 Å². The lowest BCUT2D eigenvalue weighted by molar-refractivity contribution is -0.121. The van der Waals surface area contributed by atoms with Crippen LogP contribution < -0.4 is 4.74 Å². The Morgan fingerprint density at radius 1 is 0.968 bits per heavy atom. The van der Waals surface area contributed by atoms with E-state index in [2.05, 4.69) is 11.1 Å². The van der Waals surface area contributed by atoms with E-state index in [0.29, 0.717) is 10.8 Å². The lowest BCUT2D eigenvalue weighted by Gasteiger charge is -2.09. The van der Waals surface area contributed by atoms with Gasteiger partial charge in [-0.15, -0.1) is 11.3 Å². The number of carbonyl (C=O) groups is 1. The number of rotatable bonds is 7. The molecule has 5 heteroatoms. The van der Waals surface area contributed by atoms with E-state index in [4.69, 9.17) is 4.74 Å². The minimum absolute atomic E-state index is 0.178. The molecule has 0 radical (unpaired) electrons. The summed E-state index contributed by atoms with van der Waals surface area (Å²) in [6.07, 6.45) is 0. The average Bonchev–Trinajstić information content (AvgIpc) is 3.29. The first-order valence-corrected chi connectivity index (χ1v) is 10.7. The highest BCUT2D eigenvalue weighted by Crippen LogP contribution is 2.28. The number of carbonyl (C=O) groups excluding carboxylic acids is 1. The number of ketones is 1. The number of Topliss-reactive ketones (excluding diaryl/α,β-unsaturated/α-hetero) is 1. The first-order chi connectivity index (χ1) is 15.1. The van der Waals surface area contributed by atoms with Gasteiger partial charge in [0.1, 0.15) is 17.4 Å². The first kappa shape index (κ1) is 20.5. The molecular weight excluding hydrogens is 404 g/mol. The van der Waals surface area contributed by atoms with Gasteiger partial charge in [-0.05, 0) is 30.2 Å². The predicted octanol–water partition coefficient (Wildman–Crippen LogP) is 6.04. The number of ether oxygens (including phenoxy) is 1. The fraction of sp³-hybridized carbons (Fsp3) is 0.115. The van der Waals surface area contributed by atoms with Crippen LogP contribution in [-0.4, -0.2) is 17.4 Å². The molecule has 0 bridgehead atoms. The van der Waals surface area contributed by atoms with Gasteiger partial charge in [-0.2, -0.15) is 5.26 Å². The Hall–Kier alpha value is -3.75. The van der Waals surface area contributed by atoms with Gasteiger partial charge >= 0.3 is 0 Å². The number of thiazole rings is 1. The molecule has 0 N–H and O–H groups in total. The van der Waals surface area contributed by atoms with Crippen molar-refractivity contribution in [3.05, 3.63) is 94.8 Å². The average molecular weight is 425 g/mol. The van der Waals surface area contributed by atoms with Crippen LogP contribution in [0.5, 0.6) is 5.75 Å². The molecule has 1 aromatic heterocycles. The molecule has 0 fully saturated rings. The number of aryl methyl sites for hydroxylation is 1. The third-order valence-electron chi connectivity index (χ3n) is 4.91. The van der Waals surface area contributed by atoms with Gasteiger partial charge in [0.2, 0.25) is 0 Å². The fourth-order valence-corrected chi connectivity index (χ4v) is 4.05. The smallest absolute Gasteiger partial charge is 0.194 e. The van der Waals surface area contributed by atoms with Crippen LogP contribution in [0, 0.1) is 18.3 Å². The highest BCUT2D eigenvalue weighted by atomic mass is 32.1. The lowest BCUT2D eigenvalue weighted by atomic mass is 10.1. The molecule has 0 aliphatic heterocycles. The molecule has 0 saturated heterocycles. The quantitative estimate of drug-likeness (QED) is 0.363. The Labute approximate surface area is 185 Å². The van der Waals surface area contributed by atoms with Crippen molar-refractivity contribution in [3.8, 4) is 34.2 Å². The number of nitrogens with zero attached hydrogens (tertiary/aromatic N) is 2. The van der Waals surface area contributed by atoms with Crippen molar-refractivity contribution in [2.45, 2.75) is 12.8 Å². The van der Waals surface area contributed by atoms with Gasteiger partial charge in [0.15, 0.2) is 11.7 Å². The monoisotopic (exact) mass is 424 g/mol. The molecule has 0 aliphatic rings. The molecule has 1 atom stereocenters. The Kier molecular flexibility index (Phi) is 6.21. The van der Waals surface area contributed by atoms with Crippen LogP contribution in [0.25, 0.3) is 22.4 Å². The van der Waals surface area contributed by atoms with Crippen LogP contribution in [0.2, 0.25) is 0 Å². The highest BCUT2D eigenvalue weighted by Gasteiger charge is 2.24. The summed E-state index contributed by atoms with van der Waals surface area (Å²) in [5, 5.41) is 11.9. The van der Waals surface area contributed by atoms with Crippen LogP contribution in [-0.2, 0) is 4.79 Å². The van der Waals surface area contributed by atoms with Crippen LogP contribution in [0.4, 0.5) is 0 Å². The van der Waals surface area contributed by atoms with E-state index >= 15 is 0 Å². The normalized spacial score (nSPS) is 11.5. The van der Waals surface area contributed by atoms with Crippen molar-refractivity contribution in [2.75, 3.05) is 6.61 Å². The minimum Gasteiger partial charge on any atom is -0.486 e. The summed E-state index contributed by atoms with van der Waals surface area (Å²) in [5.74, 6) is -0.656. The van der Waals surface area contributed by atoms with E-state index in [1.54, 1.807) is 0 Å². The summed E-state index contributed by atoms with van der Waals surface area (Å²) in [6, 6.07) is 27.7. The molecule has 4 nitrogen and oxygen atoms in total. The van der Waals surface area contributed by atoms with Crippen LogP contribution in [0.3, 0.4) is 0 Å². The first-order valence-electron chi connectivity index (χ1n) is 9.87. The minimum atomic E-state index is -0.937. The van der Waals surface area contributed by atoms with Gasteiger partial charge in [-0.3, -0.25) is 4.79 Å². The number of benzene rings is 3. The molecule has 152 valence electrons. The second kappa shape index (κ2) is 9.38. The van der Waals surface area contributed by atoms with Gasteiger partial charge < -0.3 is 4.74 Å². The molecule has 0 saturated carbocycles. The van der Waals surface area contributed by atoms with Gasteiger partial charge in [0.25, 0.3) is 0 Å². The third-order valence-corrected chi connectivity index (χ3v) is 5.82. The molecule has 0 aliphatic carbocycles. The summed E-state index contributed by atoms with van der Waals surface area (Å²) in [6.45, 7) is 1.85. The lowest BCUT2D eigenvalue weighted by Crippen LogP contribution is -2.19. The number of hydrogen-bond acceptors (Lipinski definition) is 5. The molecule has 1 unspecified atom stereocenters. The Balaban J connectivity index is 1.41. The van der Waals surface area contributed by atoms with Gasteiger partial charge in [-0.1, -0.05) is 72.3 Å². The summed E-state index contributed by atoms with van der Waals surface area (Å²) in [4.78, 5) is 17.2. The summed E-state index contributed by atoms with van der Waals surface area (Å²) in [5.41, 5.74) is 5.08. The zero-order valence-electron chi connectivity index (χ0n) is 17.0. The molecule has 0 spiro atoms. The molecule has 1 heterocycles. The van der Waals surface area contributed by atoms with Crippen molar-refractivity contribution < 1.29 is 9.53 Å². The van der Waals surface area contributed by atoms with Crippen LogP contribution in [0.1, 0.15) is 16.5 Å². The Bertz CT molecular complexity index is 1210. The van der Waals surface area contributed by atoms with Crippen molar-refractivity contribution in [1.82, 2.24) is 4.98 Å². The Morgan fingerprint density at radius 3 is 2.29 bits per heavy atom. The van der Waals surface area contributed by atoms with E-state index < -0.39 is 5.92 Å². The second-order valence-electron chi connectivity index (χ2n) is 7.14. The maximum Gasteiger partial charge on any atom is 0.194 e. The number of nitriles is 1. The predicted molar refractivity (Wildman–Crippen MR) is 123 cm³/mol. The van der Waals surface area contributed by atoms with Crippen molar-refractivity contribution in [2.24, 2.45) is 0 Å². The van der Waals surface area contributed by atoms with Crippen molar-refractivity contribution >= 4 is 17.1 Å². The van der Waals surface area contributed by atoms with Crippen molar-refractivity contribution in [1.29, 1.82) is 5.26 Å². The number of hydrogen-bond donors (Lipinski definition) is 0. The third kappa shape index (κ3) is 4.88. The van der Waals surface area contributed by atoms with E-state index in [1.165, 1.54) is 16.9 Å². The molecule has 4 rings (SSSR count). The zero-order chi connectivity index (χ0) is 21.6. The highest BCUT2D eigenvalue weighted by molar-refractivity contribution is 7.10. The van der Waals surface area contributed by atoms with Crippen molar-refractivity contribution in [3.63, 3.8) is 0 Å². The summed E-state index contributed by atoms with van der Waals surface area (Å²) < 4.78 is 5.64. The largest absolute Gasteiger partial charge is 0.486 e. The Morgan fingerprint density at radius 2 is 1.61 bits per heavy atom. The zero-order valence-corrected chi connectivity index (χ0v) is 17.8. The molecular formula is C26H20N2O2S. The number of aromatic nitrogens is 1. The van der Waals surface area contributed by atoms with E-state index in [9.17, 15) is 10.1 Å². The van der Waals surface area contributed by atoms with Gasteiger partial charge in [-0.25, -0.2) is 4.98 Å². The van der Waals surface area contributed by atoms with Crippen LogP contribution >= 0.6 is 11.3 Å².